The number of hydrogen-bond donors (Lipinski definition) is 1. The van der Waals surface area contributed by atoms with Crippen LogP contribution < -0.4 is 5.32 Å². The first-order valence-electron chi connectivity index (χ1n) is 9.73. The molecule has 30 heavy (non-hydrogen) atoms. The Morgan fingerprint density at radius 2 is 1.83 bits per heavy atom. The molecule has 0 spiro atoms. The van der Waals surface area contributed by atoms with Crippen molar-refractivity contribution >= 4 is 23.4 Å². The SMILES string of the molecule is COC(=O)C1=C(C)NC2=C(C(=O)C[C@@H](c3ccccc3Cl)C2)[C@@H]1c1ccc(F)cc1. The molecule has 1 aliphatic heterocycles. The lowest BCUT2D eigenvalue weighted by Crippen LogP contribution is -2.36. The van der Waals surface area contributed by atoms with Gasteiger partial charge in [0.2, 0.25) is 0 Å². The molecule has 2 atom stereocenters. The topological polar surface area (TPSA) is 55.4 Å². The van der Waals surface area contributed by atoms with E-state index in [1.54, 1.807) is 19.1 Å². The summed E-state index contributed by atoms with van der Waals surface area (Å²) in [4.78, 5) is 25.9. The van der Waals surface area contributed by atoms with E-state index < -0.39 is 11.9 Å². The molecule has 1 N–H and O–H groups in total. The van der Waals surface area contributed by atoms with Crippen molar-refractivity contribution in [2.45, 2.75) is 31.6 Å². The largest absolute Gasteiger partial charge is 0.466 e. The predicted octanol–water partition coefficient (Wildman–Crippen LogP) is 5.01. The van der Waals surface area contributed by atoms with E-state index in [1.165, 1.54) is 19.2 Å². The molecule has 0 radical (unpaired) electrons. The molecule has 0 aromatic heterocycles. The fraction of sp³-hybridized carbons (Fsp3) is 0.250. The molecule has 0 amide bonds. The van der Waals surface area contributed by atoms with Crippen molar-refractivity contribution < 1.29 is 18.7 Å². The third kappa shape index (κ3) is 3.54. The second kappa shape index (κ2) is 8.07. The lowest BCUT2D eigenvalue weighted by Gasteiger charge is -2.36. The zero-order chi connectivity index (χ0) is 21.4. The van der Waals surface area contributed by atoms with Crippen LogP contribution in [0.5, 0.6) is 0 Å². The maximum absolute atomic E-state index is 13.5. The number of carbonyl (C=O) groups is 2. The zero-order valence-electron chi connectivity index (χ0n) is 16.7. The Labute approximate surface area is 179 Å². The number of rotatable bonds is 3. The summed E-state index contributed by atoms with van der Waals surface area (Å²) in [5.74, 6) is -1.61. The van der Waals surface area contributed by atoms with Gasteiger partial charge in [-0.1, -0.05) is 41.9 Å². The van der Waals surface area contributed by atoms with Crippen LogP contribution in [0.4, 0.5) is 4.39 Å². The van der Waals surface area contributed by atoms with E-state index in [-0.39, 0.29) is 23.9 Å². The Kier molecular flexibility index (Phi) is 5.48. The summed E-state index contributed by atoms with van der Waals surface area (Å²) >= 11 is 6.38. The maximum Gasteiger partial charge on any atom is 0.336 e. The molecule has 1 heterocycles. The van der Waals surface area contributed by atoms with Gasteiger partial charge in [0, 0.05) is 34.3 Å². The lowest BCUT2D eigenvalue weighted by molar-refractivity contribution is -0.136. The Hall–Kier alpha value is -2.92. The van der Waals surface area contributed by atoms with Gasteiger partial charge in [-0.2, -0.15) is 0 Å². The van der Waals surface area contributed by atoms with Crippen LogP contribution in [0.1, 0.15) is 42.7 Å². The van der Waals surface area contributed by atoms with Crippen molar-refractivity contribution in [2.24, 2.45) is 0 Å². The molecule has 0 saturated carbocycles. The fourth-order valence-electron chi connectivity index (χ4n) is 4.43. The number of benzene rings is 2. The van der Waals surface area contributed by atoms with Gasteiger partial charge in [0.1, 0.15) is 5.82 Å². The van der Waals surface area contributed by atoms with Gasteiger partial charge in [0.25, 0.3) is 0 Å². The third-order valence-electron chi connectivity index (χ3n) is 5.78. The van der Waals surface area contributed by atoms with Crippen molar-refractivity contribution in [1.82, 2.24) is 5.32 Å². The summed E-state index contributed by atoms with van der Waals surface area (Å²) in [6.45, 7) is 1.79. The van der Waals surface area contributed by atoms with Gasteiger partial charge < -0.3 is 10.1 Å². The van der Waals surface area contributed by atoms with Crippen LogP contribution in [-0.4, -0.2) is 18.9 Å². The smallest absolute Gasteiger partial charge is 0.336 e. The zero-order valence-corrected chi connectivity index (χ0v) is 17.4. The van der Waals surface area contributed by atoms with Gasteiger partial charge in [-0.15, -0.1) is 0 Å². The summed E-state index contributed by atoms with van der Waals surface area (Å²) in [5.41, 5.74) is 3.91. The number of nitrogens with one attached hydrogen (secondary N) is 1. The number of allylic oxidation sites excluding steroid dienone is 3. The summed E-state index contributed by atoms with van der Waals surface area (Å²) in [6, 6.07) is 13.4. The van der Waals surface area contributed by atoms with Crippen LogP contribution in [-0.2, 0) is 14.3 Å². The normalized spacial score (nSPS) is 21.3. The first-order valence-corrected chi connectivity index (χ1v) is 10.1. The molecule has 6 heteroatoms. The number of Topliss-reactive ketones (excluding diaryl/α,β-unsaturated/α-hetero) is 1. The van der Waals surface area contributed by atoms with Gasteiger partial charge in [0.05, 0.1) is 12.7 Å². The quantitative estimate of drug-likeness (QED) is 0.702. The van der Waals surface area contributed by atoms with Crippen molar-refractivity contribution in [2.75, 3.05) is 7.11 Å². The minimum absolute atomic E-state index is 0.0567. The molecule has 4 nitrogen and oxygen atoms in total. The third-order valence-corrected chi connectivity index (χ3v) is 6.13. The summed E-state index contributed by atoms with van der Waals surface area (Å²) in [5, 5.41) is 3.90. The van der Waals surface area contributed by atoms with E-state index in [2.05, 4.69) is 5.32 Å². The molecular formula is C24H21ClFNO3. The Morgan fingerprint density at radius 3 is 2.50 bits per heavy atom. The molecule has 2 aliphatic rings. The fourth-order valence-corrected chi connectivity index (χ4v) is 4.72. The van der Waals surface area contributed by atoms with Crippen LogP contribution in [0, 0.1) is 5.82 Å². The van der Waals surface area contributed by atoms with Gasteiger partial charge in [-0.05, 0) is 48.6 Å². The van der Waals surface area contributed by atoms with Crippen LogP contribution in [0.2, 0.25) is 5.02 Å². The first kappa shape index (κ1) is 20.4. The predicted molar refractivity (Wildman–Crippen MR) is 112 cm³/mol. The molecule has 1 aliphatic carbocycles. The second-order valence-electron chi connectivity index (χ2n) is 7.58. The number of ether oxygens (including phenoxy) is 1. The molecular weight excluding hydrogens is 405 g/mol. The minimum atomic E-state index is -0.603. The average Bonchev–Trinajstić information content (AvgIpc) is 2.73. The Morgan fingerprint density at radius 1 is 1.13 bits per heavy atom. The van der Waals surface area contributed by atoms with E-state index in [0.29, 0.717) is 33.9 Å². The van der Waals surface area contributed by atoms with Gasteiger partial charge >= 0.3 is 5.97 Å². The minimum Gasteiger partial charge on any atom is -0.466 e. The second-order valence-corrected chi connectivity index (χ2v) is 7.99. The number of carbonyl (C=O) groups excluding carboxylic acids is 2. The number of dihydropyridines is 1. The summed E-state index contributed by atoms with van der Waals surface area (Å²) in [6.07, 6.45) is 0.879. The molecule has 2 aromatic carbocycles. The van der Waals surface area contributed by atoms with E-state index >= 15 is 0 Å². The Balaban J connectivity index is 1.82. The number of methoxy groups -OCH3 is 1. The van der Waals surface area contributed by atoms with Crippen molar-refractivity contribution in [3.8, 4) is 0 Å². The maximum atomic E-state index is 13.5. The van der Waals surface area contributed by atoms with Crippen molar-refractivity contribution in [3.63, 3.8) is 0 Å². The van der Waals surface area contributed by atoms with E-state index in [4.69, 9.17) is 16.3 Å². The van der Waals surface area contributed by atoms with Crippen LogP contribution in [0.25, 0.3) is 0 Å². The molecule has 0 bridgehead atoms. The average molecular weight is 426 g/mol. The van der Waals surface area contributed by atoms with Gasteiger partial charge in [0.15, 0.2) is 5.78 Å². The van der Waals surface area contributed by atoms with Crippen LogP contribution >= 0.6 is 11.6 Å². The Bertz CT molecular complexity index is 1090. The molecule has 0 fully saturated rings. The highest BCUT2D eigenvalue weighted by atomic mass is 35.5. The van der Waals surface area contributed by atoms with Gasteiger partial charge in [-0.25, -0.2) is 9.18 Å². The van der Waals surface area contributed by atoms with Crippen molar-refractivity contribution in [1.29, 1.82) is 0 Å². The summed E-state index contributed by atoms with van der Waals surface area (Å²) < 4.78 is 18.5. The van der Waals surface area contributed by atoms with Gasteiger partial charge in [-0.3, -0.25) is 4.79 Å². The molecule has 4 rings (SSSR count). The first-order chi connectivity index (χ1) is 14.4. The number of esters is 1. The van der Waals surface area contributed by atoms with E-state index in [9.17, 15) is 14.0 Å². The van der Waals surface area contributed by atoms with E-state index in [1.807, 2.05) is 24.3 Å². The summed E-state index contributed by atoms with van der Waals surface area (Å²) in [7, 11) is 1.31. The number of ketones is 1. The highest BCUT2D eigenvalue weighted by molar-refractivity contribution is 6.31. The highest BCUT2D eigenvalue weighted by Gasteiger charge is 2.41. The molecule has 0 saturated heterocycles. The molecule has 0 unspecified atom stereocenters. The monoisotopic (exact) mass is 425 g/mol. The van der Waals surface area contributed by atoms with E-state index in [0.717, 1.165) is 11.3 Å². The highest BCUT2D eigenvalue weighted by Crippen LogP contribution is 2.46. The van der Waals surface area contributed by atoms with Crippen molar-refractivity contribution in [3.05, 3.63) is 93.0 Å². The number of halogens is 2. The molecule has 154 valence electrons. The van der Waals surface area contributed by atoms with Crippen LogP contribution in [0.3, 0.4) is 0 Å². The molecule has 2 aromatic rings. The lowest BCUT2D eigenvalue weighted by atomic mass is 9.71. The standard InChI is InChI=1S/C24H21ClFNO3/c1-13-21(24(29)30-2)22(14-7-9-16(26)10-8-14)23-19(27-13)11-15(12-20(23)28)17-5-3-4-6-18(17)25/h3-10,15,22,27H,11-12H2,1-2H3/t15-,22+/m0/s1. The number of hydrogen-bond acceptors (Lipinski definition) is 4. The van der Waals surface area contributed by atoms with Crippen LogP contribution in [0.15, 0.2) is 71.1 Å².